The first-order valence-corrected chi connectivity index (χ1v) is 13.4. The number of aliphatic hydroxyl groups excluding tert-OH is 1. The minimum Gasteiger partial charge on any atom is -0.419 e. The summed E-state index contributed by atoms with van der Waals surface area (Å²) in [5, 5.41) is 20.5. The number of fused-ring (bicyclic) bond motifs is 1. The molecule has 0 aliphatic rings. The lowest BCUT2D eigenvalue weighted by Gasteiger charge is -2.31. The van der Waals surface area contributed by atoms with Crippen molar-refractivity contribution >= 4 is 17.0 Å². The summed E-state index contributed by atoms with van der Waals surface area (Å²) in [6.45, 7) is 11.4. The number of carbonyl (C=O) groups excluding carboxylic acids is 1. The van der Waals surface area contributed by atoms with Crippen molar-refractivity contribution < 1.29 is 27.8 Å². The molecule has 9 heteroatoms. The minimum atomic E-state index is -5.16. The first kappa shape index (κ1) is 30.1. The summed E-state index contributed by atoms with van der Waals surface area (Å²) in [7, 11) is 0. The quantitative estimate of drug-likeness (QED) is 0.199. The third kappa shape index (κ3) is 6.40. The smallest absolute Gasteiger partial charge is 0.419 e. The average molecular weight is 568 g/mol. The van der Waals surface area contributed by atoms with Crippen molar-refractivity contribution in [1.82, 2.24) is 9.13 Å². The van der Waals surface area contributed by atoms with Crippen LogP contribution in [-0.2, 0) is 28.7 Å². The highest BCUT2D eigenvalue weighted by molar-refractivity contribution is 5.79. The van der Waals surface area contributed by atoms with Crippen LogP contribution in [0.2, 0.25) is 0 Å². The van der Waals surface area contributed by atoms with Crippen LogP contribution in [0.4, 0.5) is 13.2 Å². The largest absolute Gasteiger partial charge is 0.491 e. The van der Waals surface area contributed by atoms with Gasteiger partial charge in [-0.2, -0.15) is 13.2 Å². The molecule has 1 heterocycles. The summed E-state index contributed by atoms with van der Waals surface area (Å²) in [5.74, 6) is -2.43. The maximum Gasteiger partial charge on any atom is 0.491 e. The lowest BCUT2D eigenvalue weighted by Crippen LogP contribution is -2.31. The van der Waals surface area contributed by atoms with Crippen LogP contribution < -0.4 is 10.4 Å². The number of aromatic nitrogens is 2. The number of rotatable bonds is 6. The maximum absolute atomic E-state index is 13.2. The molecule has 0 amide bonds. The van der Waals surface area contributed by atoms with Crippen molar-refractivity contribution in [3.63, 3.8) is 0 Å². The fourth-order valence-corrected chi connectivity index (χ4v) is 4.90. The van der Waals surface area contributed by atoms with Crippen LogP contribution >= 0.6 is 0 Å². The third-order valence-corrected chi connectivity index (χ3v) is 7.05. The Morgan fingerprint density at radius 2 is 1.34 bits per heavy atom. The van der Waals surface area contributed by atoms with Crippen LogP contribution in [0.15, 0.2) is 66.7 Å². The van der Waals surface area contributed by atoms with E-state index >= 15 is 0 Å². The van der Waals surface area contributed by atoms with E-state index in [4.69, 9.17) is 10.1 Å². The highest BCUT2D eigenvalue weighted by atomic mass is 19.4. The van der Waals surface area contributed by atoms with Crippen LogP contribution in [0.3, 0.4) is 0 Å². The lowest BCUT2D eigenvalue weighted by atomic mass is 9.78. The molecule has 0 fully saturated rings. The maximum atomic E-state index is 13.2. The molecule has 0 bridgehead atoms. The van der Waals surface area contributed by atoms with E-state index in [1.54, 1.807) is 16.7 Å². The summed E-state index contributed by atoms with van der Waals surface area (Å²) in [6, 6.07) is 20.6. The van der Waals surface area contributed by atoms with E-state index in [0.717, 1.165) is 16.6 Å². The second kappa shape index (κ2) is 10.9. The van der Waals surface area contributed by atoms with Crippen LogP contribution in [-0.4, -0.2) is 26.4 Å². The standard InChI is InChI=1S/C32H36F3N3O3/c1-30(2,3)22-16-21(17-23(31(4,5)6)27(22)41-28(40)32(33,34)35)26(39)19-38-25-15-11-10-14-24(25)37(29(38)36)18-20-12-8-7-9-13-20/h7-17,26,36,39H,18-19H2,1-6H3. The Bertz CT molecular complexity index is 1590. The van der Waals surface area contributed by atoms with E-state index in [9.17, 15) is 23.1 Å². The molecule has 4 aromatic rings. The molecule has 0 radical (unpaired) electrons. The number of imidazole rings is 1. The highest BCUT2D eigenvalue weighted by Gasteiger charge is 2.43. The Balaban J connectivity index is 1.82. The molecule has 3 aromatic carbocycles. The second-order valence-electron chi connectivity index (χ2n) is 12.3. The molecule has 0 saturated carbocycles. The SMILES string of the molecule is CC(C)(C)c1cc(C(O)Cn2c(=N)n(Cc3ccccc3)c3ccccc32)cc(C(C)(C)C)c1OC(=O)C(F)(F)F. The Morgan fingerprint density at radius 3 is 1.83 bits per heavy atom. The van der Waals surface area contributed by atoms with E-state index in [2.05, 4.69) is 0 Å². The Labute approximate surface area is 237 Å². The normalized spacial score (nSPS) is 13.4. The zero-order chi connectivity index (χ0) is 30.3. The van der Waals surface area contributed by atoms with Crippen molar-refractivity contribution in [2.24, 2.45) is 0 Å². The topological polar surface area (TPSA) is 80.2 Å². The highest BCUT2D eigenvalue weighted by Crippen LogP contribution is 2.42. The Morgan fingerprint density at radius 1 is 0.854 bits per heavy atom. The number of hydrogen-bond donors (Lipinski definition) is 2. The van der Waals surface area contributed by atoms with Crippen molar-refractivity contribution in [3.05, 3.63) is 94.6 Å². The van der Waals surface area contributed by atoms with Crippen LogP contribution in [0.5, 0.6) is 5.75 Å². The summed E-state index contributed by atoms with van der Waals surface area (Å²) < 4.78 is 48.2. The predicted molar refractivity (Wildman–Crippen MR) is 152 cm³/mol. The van der Waals surface area contributed by atoms with Gasteiger partial charge in [-0.1, -0.05) is 84.0 Å². The van der Waals surface area contributed by atoms with E-state index in [1.807, 2.05) is 101 Å². The molecule has 1 aromatic heterocycles. The van der Waals surface area contributed by atoms with E-state index in [0.29, 0.717) is 23.2 Å². The molecule has 0 aliphatic heterocycles. The molecule has 0 spiro atoms. The molecule has 2 N–H and O–H groups in total. The average Bonchev–Trinajstić information content (AvgIpc) is 3.13. The van der Waals surface area contributed by atoms with Gasteiger partial charge in [0.2, 0.25) is 5.62 Å². The van der Waals surface area contributed by atoms with Gasteiger partial charge in [0.1, 0.15) is 5.75 Å². The molecular formula is C32H36F3N3O3. The number of aliphatic hydroxyl groups is 1. The second-order valence-corrected chi connectivity index (χ2v) is 12.3. The summed E-state index contributed by atoms with van der Waals surface area (Å²) in [5.41, 5.74) is 2.63. The number of carbonyl (C=O) groups is 1. The Hall–Kier alpha value is -3.85. The van der Waals surface area contributed by atoms with Gasteiger partial charge >= 0.3 is 12.1 Å². The number of para-hydroxylation sites is 2. The predicted octanol–water partition coefficient (Wildman–Crippen LogP) is 6.77. The monoisotopic (exact) mass is 567 g/mol. The van der Waals surface area contributed by atoms with Crippen molar-refractivity contribution in [3.8, 4) is 5.75 Å². The molecule has 4 rings (SSSR count). The molecule has 218 valence electrons. The number of halogens is 3. The molecule has 1 atom stereocenters. The molecule has 0 aliphatic carbocycles. The first-order chi connectivity index (χ1) is 19.0. The zero-order valence-corrected chi connectivity index (χ0v) is 24.1. The number of nitrogens with zero attached hydrogens (tertiary/aromatic N) is 2. The van der Waals surface area contributed by atoms with E-state index < -0.39 is 29.1 Å². The van der Waals surface area contributed by atoms with E-state index in [1.165, 1.54) is 0 Å². The van der Waals surface area contributed by atoms with Gasteiger partial charge in [-0.05, 0) is 46.2 Å². The fraction of sp³-hybridized carbons (Fsp3) is 0.375. The zero-order valence-electron chi connectivity index (χ0n) is 24.1. The van der Waals surface area contributed by atoms with Crippen LogP contribution in [0.25, 0.3) is 11.0 Å². The van der Waals surface area contributed by atoms with Gasteiger partial charge in [-0.15, -0.1) is 0 Å². The van der Waals surface area contributed by atoms with Crippen molar-refractivity contribution in [2.45, 2.75) is 77.7 Å². The summed E-state index contributed by atoms with van der Waals surface area (Å²) >= 11 is 0. The summed E-state index contributed by atoms with van der Waals surface area (Å²) in [4.78, 5) is 11.9. The number of nitrogens with one attached hydrogen (secondary N) is 1. The van der Waals surface area contributed by atoms with Gasteiger partial charge in [0.05, 0.1) is 30.2 Å². The number of esters is 1. The van der Waals surface area contributed by atoms with Crippen LogP contribution in [0.1, 0.15) is 69.9 Å². The molecule has 1 unspecified atom stereocenters. The third-order valence-electron chi connectivity index (χ3n) is 7.05. The molecule has 0 saturated heterocycles. The van der Waals surface area contributed by atoms with Gasteiger partial charge in [0, 0.05) is 11.1 Å². The number of hydrogen-bond acceptors (Lipinski definition) is 4. The molecule has 41 heavy (non-hydrogen) atoms. The molecule has 6 nitrogen and oxygen atoms in total. The number of ether oxygens (including phenoxy) is 1. The van der Waals surface area contributed by atoms with Crippen molar-refractivity contribution in [2.75, 3.05) is 0 Å². The fourth-order valence-electron chi connectivity index (χ4n) is 4.90. The van der Waals surface area contributed by atoms with E-state index in [-0.39, 0.29) is 17.9 Å². The summed E-state index contributed by atoms with van der Waals surface area (Å²) in [6.07, 6.45) is -6.26. The Kier molecular flexibility index (Phi) is 7.97. The van der Waals surface area contributed by atoms with Gasteiger partial charge in [-0.3, -0.25) is 5.41 Å². The minimum absolute atomic E-state index is 0.0377. The number of benzene rings is 3. The van der Waals surface area contributed by atoms with Gasteiger partial charge in [0.15, 0.2) is 0 Å². The van der Waals surface area contributed by atoms with Crippen LogP contribution in [0, 0.1) is 5.41 Å². The van der Waals surface area contributed by atoms with Gasteiger partial charge in [-0.25, -0.2) is 4.79 Å². The van der Waals surface area contributed by atoms with Gasteiger partial charge in [0.25, 0.3) is 0 Å². The lowest BCUT2D eigenvalue weighted by molar-refractivity contribution is -0.189. The number of alkyl halides is 3. The molecular weight excluding hydrogens is 531 g/mol. The first-order valence-electron chi connectivity index (χ1n) is 13.4. The van der Waals surface area contributed by atoms with Crippen molar-refractivity contribution in [1.29, 1.82) is 5.41 Å². The van der Waals surface area contributed by atoms with Gasteiger partial charge < -0.3 is 19.0 Å².